The predicted molar refractivity (Wildman–Crippen MR) is 88.4 cm³/mol. The van der Waals surface area contributed by atoms with Crippen LogP contribution in [-0.4, -0.2) is 49.3 Å². The number of piperidine rings is 1. The molecule has 1 heterocycles. The Labute approximate surface area is 131 Å². The average Bonchev–Trinajstić information content (AvgIpc) is 2.53. The molecule has 1 aliphatic rings. The second-order valence-electron chi connectivity index (χ2n) is 5.47. The standard InChI is InChI=1S/C16H25N3OS/c17-12-14-6-9-19(10-7-14)13-16(20)18-8-11-21-15-4-2-1-3-5-15/h1-5,14H,6-13,17H2,(H,18,20). The number of amides is 1. The van der Waals surface area contributed by atoms with Crippen LogP contribution in [-0.2, 0) is 4.79 Å². The molecular weight excluding hydrogens is 282 g/mol. The van der Waals surface area contributed by atoms with Crippen LogP contribution in [0, 0.1) is 5.92 Å². The van der Waals surface area contributed by atoms with Gasteiger partial charge in [-0.25, -0.2) is 0 Å². The second kappa shape index (κ2) is 9.07. The highest BCUT2D eigenvalue weighted by atomic mass is 32.2. The summed E-state index contributed by atoms with van der Waals surface area (Å²) in [6.45, 7) is 4.00. The molecule has 1 amide bonds. The second-order valence-corrected chi connectivity index (χ2v) is 6.64. The third kappa shape index (κ3) is 6.08. The fourth-order valence-electron chi connectivity index (χ4n) is 2.52. The summed E-state index contributed by atoms with van der Waals surface area (Å²) in [6, 6.07) is 10.3. The summed E-state index contributed by atoms with van der Waals surface area (Å²) in [5, 5.41) is 3.00. The molecule has 1 aliphatic heterocycles. The molecular formula is C16H25N3OS. The topological polar surface area (TPSA) is 58.4 Å². The van der Waals surface area contributed by atoms with Gasteiger partial charge in [0.25, 0.3) is 0 Å². The molecule has 0 unspecified atom stereocenters. The Morgan fingerprint density at radius 3 is 2.67 bits per heavy atom. The van der Waals surface area contributed by atoms with Crippen molar-refractivity contribution in [3.8, 4) is 0 Å². The maximum atomic E-state index is 11.9. The zero-order valence-corrected chi connectivity index (χ0v) is 13.3. The van der Waals surface area contributed by atoms with E-state index in [1.54, 1.807) is 11.8 Å². The lowest BCUT2D eigenvalue weighted by atomic mass is 9.97. The van der Waals surface area contributed by atoms with E-state index in [2.05, 4.69) is 22.3 Å². The molecule has 5 heteroatoms. The van der Waals surface area contributed by atoms with Gasteiger partial charge in [-0.1, -0.05) is 18.2 Å². The van der Waals surface area contributed by atoms with Crippen molar-refractivity contribution in [1.82, 2.24) is 10.2 Å². The van der Waals surface area contributed by atoms with E-state index in [1.165, 1.54) is 4.90 Å². The van der Waals surface area contributed by atoms with Gasteiger partial charge in [0.05, 0.1) is 6.54 Å². The maximum Gasteiger partial charge on any atom is 0.234 e. The Hall–Kier alpha value is -1.04. The summed E-state index contributed by atoms with van der Waals surface area (Å²) >= 11 is 1.77. The lowest BCUT2D eigenvalue weighted by molar-refractivity contribution is -0.122. The minimum atomic E-state index is 0.134. The van der Waals surface area contributed by atoms with E-state index in [1.807, 2.05) is 18.2 Å². The van der Waals surface area contributed by atoms with Crippen LogP contribution in [0.25, 0.3) is 0 Å². The number of benzene rings is 1. The number of nitrogens with two attached hydrogens (primary N) is 1. The van der Waals surface area contributed by atoms with Crippen LogP contribution >= 0.6 is 11.8 Å². The van der Waals surface area contributed by atoms with Gasteiger partial charge >= 0.3 is 0 Å². The largest absolute Gasteiger partial charge is 0.354 e. The Kier molecular flexibility index (Phi) is 7.06. The van der Waals surface area contributed by atoms with Crippen LogP contribution < -0.4 is 11.1 Å². The normalized spacial score (nSPS) is 16.8. The lowest BCUT2D eigenvalue weighted by Gasteiger charge is -2.30. The van der Waals surface area contributed by atoms with E-state index in [0.717, 1.165) is 44.8 Å². The third-order valence-corrected chi connectivity index (χ3v) is 4.86. The quantitative estimate of drug-likeness (QED) is 0.593. The molecule has 0 spiro atoms. The summed E-state index contributed by atoms with van der Waals surface area (Å²) in [4.78, 5) is 15.4. The molecule has 116 valence electrons. The molecule has 1 fully saturated rings. The van der Waals surface area contributed by atoms with E-state index in [-0.39, 0.29) is 5.91 Å². The van der Waals surface area contributed by atoms with Crippen LogP contribution in [0.1, 0.15) is 12.8 Å². The van der Waals surface area contributed by atoms with Crippen LogP contribution in [0.3, 0.4) is 0 Å². The average molecular weight is 307 g/mol. The maximum absolute atomic E-state index is 11.9. The van der Waals surface area contributed by atoms with Crippen molar-refractivity contribution in [3.05, 3.63) is 30.3 Å². The van der Waals surface area contributed by atoms with Crippen LogP contribution in [0.2, 0.25) is 0 Å². The number of rotatable bonds is 7. The van der Waals surface area contributed by atoms with Crippen molar-refractivity contribution in [2.45, 2.75) is 17.7 Å². The van der Waals surface area contributed by atoms with E-state index in [0.29, 0.717) is 12.5 Å². The minimum Gasteiger partial charge on any atom is -0.354 e. The molecule has 2 rings (SSSR count). The van der Waals surface area contributed by atoms with E-state index >= 15 is 0 Å². The number of likely N-dealkylation sites (tertiary alicyclic amines) is 1. The van der Waals surface area contributed by atoms with Gasteiger partial charge < -0.3 is 11.1 Å². The fraction of sp³-hybridized carbons (Fsp3) is 0.562. The molecule has 1 aromatic carbocycles. The fourth-order valence-corrected chi connectivity index (χ4v) is 3.30. The molecule has 1 aromatic rings. The van der Waals surface area contributed by atoms with Gasteiger partial charge in [0, 0.05) is 17.2 Å². The van der Waals surface area contributed by atoms with Crippen molar-refractivity contribution in [1.29, 1.82) is 0 Å². The van der Waals surface area contributed by atoms with E-state index in [4.69, 9.17) is 5.73 Å². The molecule has 0 atom stereocenters. The third-order valence-electron chi connectivity index (χ3n) is 3.84. The molecule has 4 nitrogen and oxygen atoms in total. The first-order valence-electron chi connectivity index (χ1n) is 7.65. The van der Waals surface area contributed by atoms with Gasteiger partial charge in [-0.05, 0) is 50.5 Å². The number of thioether (sulfide) groups is 1. The number of hydrogen-bond donors (Lipinski definition) is 2. The van der Waals surface area contributed by atoms with Gasteiger partial charge in [0.2, 0.25) is 5.91 Å². The minimum absolute atomic E-state index is 0.134. The van der Waals surface area contributed by atoms with Crippen LogP contribution in [0.4, 0.5) is 0 Å². The van der Waals surface area contributed by atoms with E-state index < -0.39 is 0 Å². The van der Waals surface area contributed by atoms with Gasteiger partial charge in [-0.15, -0.1) is 11.8 Å². The number of carbonyl (C=O) groups excluding carboxylic acids is 1. The Morgan fingerprint density at radius 2 is 2.00 bits per heavy atom. The SMILES string of the molecule is NCC1CCN(CC(=O)NCCSc2ccccc2)CC1. The number of carbonyl (C=O) groups is 1. The Morgan fingerprint density at radius 1 is 1.29 bits per heavy atom. The Bertz CT molecular complexity index is 419. The molecule has 0 radical (unpaired) electrons. The molecule has 0 saturated carbocycles. The molecule has 0 aromatic heterocycles. The molecule has 3 N–H and O–H groups in total. The first kappa shape index (κ1) is 16.3. The summed E-state index contributed by atoms with van der Waals surface area (Å²) in [5.41, 5.74) is 5.68. The monoisotopic (exact) mass is 307 g/mol. The van der Waals surface area contributed by atoms with Crippen molar-refractivity contribution in [2.75, 3.05) is 38.5 Å². The Balaban J connectivity index is 1.56. The smallest absolute Gasteiger partial charge is 0.234 e. The zero-order valence-electron chi connectivity index (χ0n) is 12.5. The van der Waals surface area contributed by atoms with E-state index in [9.17, 15) is 4.79 Å². The van der Waals surface area contributed by atoms with Crippen molar-refractivity contribution < 1.29 is 4.79 Å². The van der Waals surface area contributed by atoms with Gasteiger partial charge in [-0.3, -0.25) is 9.69 Å². The first-order chi connectivity index (χ1) is 10.3. The first-order valence-corrected chi connectivity index (χ1v) is 8.63. The van der Waals surface area contributed by atoms with Crippen molar-refractivity contribution in [2.24, 2.45) is 11.7 Å². The summed E-state index contributed by atoms with van der Waals surface area (Å²) < 4.78 is 0. The van der Waals surface area contributed by atoms with Gasteiger partial charge in [-0.2, -0.15) is 0 Å². The highest BCUT2D eigenvalue weighted by molar-refractivity contribution is 7.99. The van der Waals surface area contributed by atoms with Gasteiger partial charge in [0.15, 0.2) is 0 Å². The summed E-state index contributed by atoms with van der Waals surface area (Å²) in [7, 11) is 0. The van der Waals surface area contributed by atoms with Crippen molar-refractivity contribution in [3.63, 3.8) is 0 Å². The molecule has 21 heavy (non-hydrogen) atoms. The summed E-state index contributed by atoms with van der Waals surface area (Å²) in [6.07, 6.45) is 2.24. The van der Waals surface area contributed by atoms with Crippen LogP contribution in [0.5, 0.6) is 0 Å². The summed E-state index contributed by atoms with van der Waals surface area (Å²) in [5.74, 6) is 1.69. The molecule has 0 aliphatic carbocycles. The lowest BCUT2D eigenvalue weighted by Crippen LogP contribution is -2.42. The number of hydrogen-bond acceptors (Lipinski definition) is 4. The molecule has 1 saturated heterocycles. The van der Waals surface area contributed by atoms with Crippen LogP contribution in [0.15, 0.2) is 35.2 Å². The van der Waals surface area contributed by atoms with Crippen molar-refractivity contribution >= 4 is 17.7 Å². The highest BCUT2D eigenvalue weighted by Gasteiger charge is 2.19. The van der Waals surface area contributed by atoms with Gasteiger partial charge in [0.1, 0.15) is 0 Å². The number of nitrogens with zero attached hydrogens (tertiary/aromatic N) is 1. The molecule has 0 bridgehead atoms. The zero-order chi connectivity index (χ0) is 14.9. The number of nitrogens with one attached hydrogen (secondary N) is 1. The highest BCUT2D eigenvalue weighted by Crippen LogP contribution is 2.16. The predicted octanol–water partition coefficient (Wildman–Crippen LogP) is 1.57.